The molecule has 0 saturated heterocycles. The van der Waals surface area contributed by atoms with Crippen LogP contribution in [-0.2, 0) is 11.2 Å². The first-order chi connectivity index (χ1) is 8.67. The molecule has 0 radical (unpaired) electrons. The first kappa shape index (κ1) is 12.9. The molecule has 3 N–H and O–H groups in total. The number of nitrogens with one attached hydrogen (secondary N) is 1. The van der Waals surface area contributed by atoms with E-state index in [0.29, 0.717) is 19.5 Å². The number of benzene rings is 1. The average Bonchev–Trinajstić information content (AvgIpc) is 3.18. The fourth-order valence-electron chi connectivity index (χ4n) is 1.91. The number of carbonyl (C=O) groups excluding carboxylic acids is 1. The van der Waals surface area contributed by atoms with E-state index in [1.54, 1.807) is 7.11 Å². The van der Waals surface area contributed by atoms with Gasteiger partial charge in [0.15, 0.2) is 0 Å². The Balaban J connectivity index is 1.79. The Morgan fingerprint density at radius 1 is 1.39 bits per heavy atom. The van der Waals surface area contributed by atoms with Gasteiger partial charge in [-0.2, -0.15) is 0 Å². The molecule has 1 aromatic carbocycles. The van der Waals surface area contributed by atoms with Gasteiger partial charge in [-0.3, -0.25) is 4.79 Å². The van der Waals surface area contributed by atoms with Crippen LogP contribution in [-0.4, -0.2) is 26.1 Å². The highest BCUT2D eigenvalue weighted by Gasteiger charge is 2.41. The van der Waals surface area contributed by atoms with E-state index in [4.69, 9.17) is 10.5 Å². The summed E-state index contributed by atoms with van der Waals surface area (Å²) in [6.45, 7) is 1.37. The fourth-order valence-corrected chi connectivity index (χ4v) is 1.91. The summed E-state index contributed by atoms with van der Waals surface area (Å²) < 4.78 is 5.07. The Bertz CT molecular complexity index is 410. The van der Waals surface area contributed by atoms with Crippen LogP contribution in [0.3, 0.4) is 0 Å². The van der Waals surface area contributed by atoms with Crippen LogP contribution in [0.25, 0.3) is 0 Å². The Morgan fingerprint density at radius 3 is 2.56 bits per heavy atom. The van der Waals surface area contributed by atoms with Gasteiger partial charge in [0.2, 0.25) is 5.91 Å². The standard InChI is InChI=1S/C14H20N2O2/c1-18-12-4-2-11(3-5-12)8-13(17)16-10-14(9-15)6-7-14/h2-5H,6-10,15H2,1H3,(H,16,17). The molecule has 0 unspecified atom stereocenters. The summed E-state index contributed by atoms with van der Waals surface area (Å²) in [5.74, 6) is 0.860. The predicted octanol–water partition coefficient (Wildman–Crippen LogP) is 1.09. The lowest BCUT2D eigenvalue weighted by atomic mass is 10.1. The summed E-state index contributed by atoms with van der Waals surface area (Å²) in [4.78, 5) is 11.8. The molecule has 18 heavy (non-hydrogen) atoms. The first-order valence-electron chi connectivity index (χ1n) is 6.27. The van der Waals surface area contributed by atoms with Crippen molar-refractivity contribution < 1.29 is 9.53 Å². The molecule has 0 spiro atoms. The molecule has 1 amide bonds. The molecule has 98 valence electrons. The Hall–Kier alpha value is -1.55. The van der Waals surface area contributed by atoms with E-state index in [1.165, 1.54) is 0 Å². The van der Waals surface area contributed by atoms with Gasteiger partial charge in [-0.1, -0.05) is 12.1 Å². The van der Waals surface area contributed by atoms with Gasteiger partial charge in [-0.05, 0) is 42.5 Å². The molecule has 0 aliphatic heterocycles. The first-order valence-corrected chi connectivity index (χ1v) is 6.27. The summed E-state index contributed by atoms with van der Waals surface area (Å²) in [6.07, 6.45) is 2.67. The molecular formula is C14H20N2O2. The maximum Gasteiger partial charge on any atom is 0.224 e. The lowest BCUT2D eigenvalue weighted by Crippen LogP contribution is -2.34. The smallest absolute Gasteiger partial charge is 0.224 e. The highest BCUT2D eigenvalue weighted by molar-refractivity contribution is 5.78. The third-order valence-corrected chi connectivity index (χ3v) is 3.57. The maximum atomic E-state index is 11.8. The molecule has 2 rings (SSSR count). The van der Waals surface area contributed by atoms with Gasteiger partial charge in [0, 0.05) is 6.54 Å². The van der Waals surface area contributed by atoms with Crippen molar-refractivity contribution in [3.63, 3.8) is 0 Å². The van der Waals surface area contributed by atoms with E-state index in [0.717, 1.165) is 24.2 Å². The van der Waals surface area contributed by atoms with Gasteiger partial charge in [0.05, 0.1) is 13.5 Å². The number of hydrogen-bond donors (Lipinski definition) is 2. The van der Waals surface area contributed by atoms with Gasteiger partial charge < -0.3 is 15.8 Å². The second-order valence-corrected chi connectivity index (χ2v) is 5.01. The maximum absolute atomic E-state index is 11.8. The number of hydrogen-bond acceptors (Lipinski definition) is 3. The minimum Gasteiger partial charge on any atom is -0.497 e. The number of ether oxygens (including phenoxy) is 1. The van der Waals surface area contributed by atoms with Crippen LogP contribution in [0.5, 0.6) is 5.75 Å². The molecule has 0 heterocycles. The molecule has 4 heteroatoms. The fraction of sp³-hybridized carbons (Fsp3) is 0.500. The Labute approximate surface area is 108 Å². The van der Waals surface area contributed by atoms with Crippen molar-refractivity contribution in [2.75, 3.05) is 20.2 Å². The van der Waals surface area contributed by atoms with Gasteiger partial charge in [-0.25, -0.2) is 0 Å². The largest absolute Gasteiger partial charge is 0.497 e. The third-order valence-electron chi connectivity index (χ3n) is 3.57. The Kier molecular flexibility index (Phi) is 3.87. The monoisotopic (exact) mass is 248 g/mol. The summed E-state index contributed by atoms with van der Waals surface area (Å²) in [5.41, 5.74) is 6.86. The topological polar surface area (TPSA) is 64.3 Å². The molecule has 0 atom stereocenters. The van der Waals surface area contributed by atoms with Crippen molar-refractivity contribution in [1.29, 1.82) is 0 Å². The van der Waals surface area contributed by atoms with E-state index in [9.17, 15) is 4.79 Å². The van der Waals surface area contributed by atoms with Crippen molar-refractivity contribution in [1.82, 2.24) is 5.32 Å². The summed E-state index contributed by atoms with van der Waals surface area (Å²) >= 11 is 0. The summed E-state index contributed by atoms with van der Waals surface area (Å²) in [6, 6.07) is 7.55. The van der Waals surface area contributed by atoms with E-state index >= 15 is 0 Å². The molecule has 1 aliphatic rings. The van der Waals surface area contributed by atoms with E-state index in [-0.39, 0.29) is 11.3 Å². The zero-order chi connectivity index (χ0) is 13.0. The number of carbonyl (C=O) groups is 1. The molecule has 0 aromatic heterocycles. The number of methoxy groups -OCH3 is 1. The van der Waals surface area contributed by atoms with Crippen molar-refractivity contribution in [2.24, 2.45) is 11.1 Å². The van der Waals surface area contributed by atoms with Gasteiger partial charge in [-0.15, -0.1) is 0 Å². The van der Waals surface area contributed by atoms with Crippen LogP contribution in [0.15, 0.2) is 24.3 Å². The van der Waals surface area contributed by atoms with Crippen LogP contribution in [0.2, 0.25) is 0 Å². The molecule has 1 saturated carbocycles. The molecule has 1 fully saturated rings. The zero-order valence-electron chi connectivity index (χ0n) is 10.7. The molecule has 1 aromatic rings. The quantitative estimate of drug-likeness (QED) is 0.792. The minimum absolute atomic E-state index is 0.0555. The second kappa shape index (κ2) is 5.40. The van der Waals surface area contributed by atoms with Crippen molar-refractivity contribution in [3.8, 4) is 5.75 Å². The van der Waals surface area contributed by atoms with Crippen LogP contribution in [0, 0.1) is 5.41 Å². The lowest BCUT2D eigenvalue weighted by Gasteiger charge is -2.13. The minimum atomic E-state index is 0.0555. The van der Waals surface area contributed by atoms with E-state index < -0.39 is 0 Å². The van der Waals surface area contributed by atoms with Gasteiger partial charge in [0.1, 0.15) is 5.75 Å². The van der Waals surface area contributed by atoms with E-state index in [2.05, 4.69) is 5.32 Å². The van der Waals surface area contributed by atoms with Crippen molar-refractivity contribution in [2.45, 2.75) is 19.3 Å². The van der Waals surface area contributed by atoms with Crippen LogP contribution < -0.4 is 15.8 Å². The summed E-state index contributed by atoms with van der Waals surface area (Å²) in [7, 11) is 1.63. The predicted molar refractivity (Wildman–Crippen MR) is 70.4 cm³/mol. The molecule has 1 aliphatic carbocycles. The van der Waals surface area contributed by atoms with Crippen LogP contribution >= 0.6 is 0 Å². The number of nitrogens with two attached hydrogens (primary N) is 1. The molecule has 0 bridgehead atoms. The average molecular weight is 248 g/mol. The van der Waals surface area contributed by atoms with E-state index in [1.807, 2.05) is 24.3 Å². The molecular weight excluding hydrogens is 228 g/mol. The number of rotatable bonds is 6. The lowest BCUT2D eigenvalue weighted by molar-refractivity contribution is -0.120. The normalized spacial score (nSPS) is 16.1. The van der Waals surface area contributed by atoms with Crippen molar-refractivity contribution in [3.05, 3.63) is 29.8 Å². The SMILES string of the molecule is COc1ccc(CC(=O)NCC2(CN)CC2)cc1. The second-order valence-electron chi connectivity index (χ2n) is 5.01. The third kappa shape index (κ3) is 3.23. The highest BCUT2D eigenvalue weighted by Crippen LogP contribution is 2.43. The van der Waals surface area contributed by atoms with Crippen molar-refractivity contribution >= 4 is 5.91 Å². The Morgan fingerprint density at radius 2 is 2.06 bits per heavy atom. The van der Waals surface area contributed by atoms with Crippen LogP contribution in [0.4, 0.5) is 0 Å². The summed E-state index contributed by atoms with van der Waals surface area (Å²) in [5, 5.41) is 2.96. The highest BCUT2D eigenvalue weighted by atomic mass is 16.5. The van der Waals surface area contributed by atoms with Crippen LogP contribution in [0.1, 0.15) is 18.4 Å². The van der Waals surface area contributed by atoms with Gasteiger partial charge >= 0.3 is 0 Å². The zero-order valence-corrected chi connectivity index (χ0v) is 10.7. The number of amides is 1. The molecule has 4 nitrogen and oxygen atoms in total. The van der Waals surface area contributed by atoms with Gasteiger partial charge in [0.25, 0.3) is 0 Å².